The standard InChI is InChI=1S/C16H18N4O2/c17-14-7-6-12(9-19-14)10-20-16(22)13(15(18)21)8-11-4-2-1-3-5-11/h1-7,9,13H,8,10H2,(H2,17,19)(H2,18,21)(H,20,22)/t13-/m0/s1. The molecule has 114 valence electrons. The zero-order chi connectivity index (χ0) is 15.9. The summed E-state index contributed by atoms with van der Waals surface area (Å²) in [4.78, 5) is 27.6. The Bertz CT molecular complexity index is 641. The summed E-state index contributed by atoms with van der Waals surface area (Å²) in [6.07, 6.45) is 1.86. The number of carbonyl (C=O) groups excluding carboxylic acids is 2. The molecule has 6 heteroatoms. The normalized spacial score (nSPS) is 11.6. The summed E-state index contributed by atoms with van der Waals surface area (Å²) < 4.78 is 0. The molecule has 22 heavy (non-hydrogen) atoms. The monoisotopic (exact) mass is 298 g/mol. The molecule has 0 aliphatic rings. The largest absolute Gasteiger partial charge is 0.384 e. The van der Waals surface area contributed by atoms with Crippen LogP contribution in [0.15, 0.2) is 48.7 Å². The van der Waals surface area contributed by atoms with Gasteiger partial charge in [0.15, 0.2) is 0 Å². The fourth-order valence-electron chi connectivity index (χ4n) is 2.03. The fourth-order valence-corrected chi connectivity index (χ4v) is 2.03. The minimum Gasteiger partial charge on any atom is -0.384 e. The highest BCUT2D eigenvalue weighted by molar-refractivity contribution is 5.99. The van der Waals surface area contributed by atoms with Gasteiger partial charge in [-0.25, -0.2) is 4.98 Å². The molecule has 0 aliphatic carbocycles. The molecule has 0 radical (unpaired) electrons. The van der Waals surface area contributed by atoms with Gasteiger partial charge in [0.05, 0.1) is 0 Å². The summed E-state index contributed by atoms with van der Waals surface area (Å²) in [7, 11) is 0. The van der Waals surface area contributed by atoms with E-state index >= 15 is 0 Å². The molecule has 0 fully saturated rings. The van der Waals surface area contributed by atoms with Crippen molar-refractivity contribution in [2.24, 2.45) is 11.7 Å². The first-order valence-electron chi connectivity index (χ1n) is 6.87. The topological polar surface area (TPSA) is 111 Å². The molecule has 0 bridgehead atoms. The van der Waals surface area contributed by atoms with Crippen LogP contribution in [0.3, 0.4) is 0 Å². The Hall–Kier alpha value is -2.89. The van der Waals surface area contributed by atoms with Crippen molar-refractivity contribution < 1.29 is 9.59 Å². The SMILES string of the molecule is NC(=O)[C@H](Cc1ccccc1)C(=O)NCc1ccc(N)nc1. The minimum absolute atomic E-state index is 0.269. The minimum atomic E-state index is -0.899. The maximum absolute atomic E-state index is 12.2. The number of nitrogens with two attached hydrogens (primary N) is 2. The highest BCUT2D eigenvalue weighted by Crippen LogP contribution is 2.09. The average Bonchev–Trinajstić information content (AvgIpc) is 2.52. The third kappa shape index (κ3) is 4.31. The summed E-state index contributed by atoms with van der Waals surface area (Å²) in [5, 5.41) is 2.70. The lowest BCUT2D eigenvalue weighted by atomic mass is 9.98. The number of primary amides is 1. The number of pyridine rings is 1. The van der Waals surface area contributed by atoms with Gasteiger partial charge >= 0.3 is 0 Å². The van der Waals surface area contributed by atoms with E-state index in [1.54, 1.807) is 18.3 Å². The van der Waals surface area contributed by atoms with E-state index in [-0.39, 0.29) is 13.0 Å². The van der Waals surface area contributed by atoms with Crippen LogP contribution in [0, 0.1) is 5.92 Å². The van der Waals surface area contributed by atoms with Crippen LogP contribution in [-0.2, 0) is 22.6 Å². The van der Waals surface area contributed by atoms with Gasteiger partial charge in [0.2, 0.25) is 11.8 Å². The third-order valence-corrected chi connectivity index (χ3v) is 3.26. The van der Waals surface area contributed by atoms with Crippen LogP contribution in [0.2, 0.25) is 0 Å². The lowest BCUT2D eigenvalue weighted by Crippen LogP contribution is -2.39. The van der Waals surface area contributed by atoms with Crippen LogP contribution < -0.4 is 16.8 Å². The first-order valence-corrected chi connectivity index (χ1v) is 6.87. The first kappa shape index (κ1) is 15.5. The number of amides is 2. The van der Waals surface area contributed by atoms with E-state index < -0.39 is 17.7 Å². The molecule has 0 saturated heterocycles. The van der Waals surface area contributed by atoms with Crippen molar-refractivity contribution in [3.63, 3.8) is 0 Å². The average molecular weight is 298 g/mol. The van der Waals surface area contributed by atoms with Gasteiger partial charge < -0.3 is 16.8 Å². The zero-order valence-electron chi connectivity index (χ0n) is 12.0. The number of rotatable bonds is 6. The highest BCUT2D eigenvalue weighted by Gasteiger charge is 2.24. The Morgan fingerprint density at radius 2 is 1.82 bits per heavy atom. The molecule has 5 N–H and O–H groups in total. The van der Waals surface area contributed by atoms with Crippen molar-refractivity contribution in [3.05, 3.63) is 59.8 Å². The maximum atomic E-state index is 12.2. The van der Waals surface area contributed by atoms with Crippen LogP contribution >= 0.6 is 0 Å². The van der Waals surface area contributed by atoms with Crippen molar-refractivity contribution in [1.82, 2.24) is 10.3 Å². The molecule has 1 heterocycles. The predicted molar refractivity (Wildman–Crippen MR) is 83.3 cm³/mol. The molecule has 1 aromatic carbocycles. The number of anilines is 1. The Labute approximate surface area is 128 Å². The van der Waals surface area contributed by atoms with Crippen molar-refractivity contribution in [2.75, 3.05) is 5.73 Å². The molecule has 2 amide bonds. The lowest BCUT2D eigenvalue weighted by Gasteiger charge is -2.14. The summed E-state index contributed by atoms with van der Waals surface area (Å²) in [5.74, 6) is -1.52. The zero-order valence-corrected chi connectivity index (χ0v) is 12.0. The van der Waals surface area contributed by atoms with Gasteiger partial charge in [-0.05, 0) is 23.6 Å². The molecular weight excluding hydrogens is 280 g/mol. The number of nitrogen functional groups attached to an aromatic ring is 1. The van der Waals surface area contributed by atoms with Gasteiger partial charge in [0.1, 0.15) is 11.7 Å². The molecule has 0 aliphatic heterocycles. The van der Waals surface area contributed by atoms with E-state index in [2.05, 4.69) is 10.3 Å². The fraction of sp³-hybridized carbons (Fsp3) is 0.188. The molecule has 6 nitrogen and oxygen atoms in total. The Morgan fingerprint density at radius 1 is 1.09 bits per heavy atom. The highest BCUT2D eigenvalue weighted by atomic mass is 16.2. The van der Waals surface area contributed by atoms with Gasteiger partial charge in [0.25, 0.3) is 0 Å². The second-order valence-electron chi connectivity index (χ2n) is 4.95. The summed E-state index contributed by atoms with van der Waals surface area (Å²) in [5.41, 5.74) is 12.5. The summed E-state index contributed by atoms with van der Waals surface area (Å²) >= 11 is 0. The van der Waals surface area contributed by atoms with Crippen LogP contribution in [0.25, 0.3) is 0 Å². The Morgan fingerprint density at radius 3 is 2.41 bits per heavy atom. The molecule has 2 rings (SSSR count). The first-order chi connectivity index (χ1) is 10.6. The molecule has 0 spiro atoms. The molecule has 0 unspecified atom stereocenters. The second kappa shape index (κ2) is 7.21. The van der Waals surface area contributed by atoms with E-state index in [0.29, 0.717) is 5.82 Å². The summed E-state index contributed by atoms with van der Waals surface area (Å²) in [6.45, 7) is 0.269. The number of benzene rings is 1. The molecular formula is C16H18N4O2. The molecule has 1 aromatic heterocycles. The number of carbonyl (C=O) groups is 2. The van der Waals surface area contributed by atoms with Gasteiger partial charge in [-0.2, -0.15) is 0 Å². The molecule has 1 atom stereocenters. The van der Waals surface area contributed by atoms with Crippen LogP contribution in [0.4, 0.5) is 5.82 Å². The van der Waals surface area contributed by atoms with E-state index in [1.807, 2.05) is 30.3 Å². The second-order valence-corrected chi connectivity index (χ2v) is 4.95. The van der Waals surface area contributed by atoms with Gasteiger partial charge in [-0.1, -0.05) is 36.4 Å². The Kier molecular flexibility index (Phi) is 5.08. The van der Waals surface area contributed by atoms with Crippen molar-refractivity contribution in [3.8, 4) is 0 Å². The quantitative estimate of drug-likeness (QED) is 0.679. The van der Waals surface area contributed by atoms with E-state index in [4.69, 9.17) is 11.5 Å². The number of aromatic nitrogens is 1. The number of nitrogens with zero attached hydrogens (tertiary/aromatic N) is 1. The predicted octanol–water partition coefficient (Wildman–Crippen LogP) is 0.624. The number of nitrogens with one attached hydrogen (secondary N) is 1. The third-order valence-electron chi connectivity index (χ3n) is 3.26. The summed E-state index contributed by atoms with van der Waals surface area (Å²) in [6, 6.07) is 12.7. The van der Waals surface area contributed by atoms with Crippen LogP contribution in [0.5, 0.6) is 0 Å². The van der Waals surface area contributed by atoms with Crippen LogP contribution in [-0.4, -0.2) is 16.8 Å². The van der Waals surface area contributed by atoms with E-state index in [0.717, 1.165) is 11.1 Å². The van der Waals surface area contributed by atoms with E-state index in [1.165, 1.54) is 0 Å². The molecule has 0 saturated carbocycles. The van der Waals surface area contributed by atoms with E-state index in [9.17, 15) is 9.59 Å². The number of hydrogen-bond acceptors (Lipinski definition) is 4. The van der Waals surface area contributed by atoms with Crippen molar-refractivity contribution in [1.29, 1.82) is 0 Å². The van der Waals surface area contributed by atoms with Gasteiger partial charge in [-0.3, -0.25) is 9.59 Å². The van der Waals surface area contributed by atoms with Crippen molar-refractivity contribution in [2.45, 2.75) is 13.0 Å². The Balaban J connectivity index is 1.97. The van der Waals surface area contributed by atoms with Crippen molar-refractivity contribution >= 4 is 17.6 Å². The smallest absolute Gasteiger partial charge is 0.233 e. The maximum Gasteiger partial charge on any atom is 0.233 e. The molecule has 2 aromatic rings. The van der Waals surface area contributed by atoms with Crippen LogP contribution in [0.1, 0.15) is 11.1 Å². The van der Waals surface area contributed by atoms with Gasteiger partial charge in [0, 0.05) is 12.7 Å². The number of hydrogen-bond donors (Lipinski definition) is 3. The van der Waals surface area contributed by atoms with Gasteiger partial charge in [-0.15, -0.1) is 0 Å². The lowest BCUT2D eigenvalue weighted by molar-refractivity contribution is -0.133.